The second-order valence-corrected chi connectivity index (χ2v) is 6.43. The van der Waals surface area contributed by atoms with Crippen LogP contribution in [0.3, 0.4) is 0 Å². The van der Waals surface area contributed by atoms with Crippen molar-refractivity contribution in [2.75, 3.05) is 6.61 Å². The smallest absolute Gasteiger partial charge is 0.119 e. The zero-order chi connectivity index (χ0) is 17.2. The van der Waals surface area contributed by atoms with Gasteiger partial charge in [-0.05, 0) is 55.3 Å². The second-order valence-electron chi connectivity index (χ2n) is 6.43. The Morgan fingerprint density at radius 1 is 1.00 bits per heavy atom. The van der Waals surface area contributed by atoms with E-state index in [0.29, 0.717) is 6.61 Å². The summed E-state index contributed by atoms with van der Waals surface area (Å²) >= 11 is 0. The van der Waals surface area contributed by atoms with E-state index in [4.69, 9.17) is 9.84 Å². The minimum Gasteiger partial charge on any atom is -0.494 e. The van der Waals surface area contributed by atoms with Gasteiger partial charge in [-0.2, -0.15) is 5.10 Å². The fourth-order valence-electron chi connectivity index (χ4n) is 3.47. The van der Waals surface area contributed by atoms with Gasteiger partial charge in [0.25, 0.3) is 0 Å². The summed E-state index contributed by atoms with van der Waals surface area (Å²) in [4.78, 5) is 0. The van der Waals surface area contributed by atoms with E-state index in [1.54, 1.807) is 0 Å². The van der Waals surface area contributed by atoms with Gasteiger partial charge in [-0.1, -0.05) is 42.0 Å². The van der Waals surface area contributed by atoms with E-state index < -0.39 is 0 Å². The fourth-order valence-corrected chi connectivity index (χ4v) is 3.47. The summed E-state index contributed by atoms with van der Waals surface area (Å²) < 4.78 is 5.57. The van der Waals surface area contributed by atoms with Gasteiger partial charge in [0.2, 0.25) is 0 Å². The molecule has 0 spiro atoms. The largest absolute Gasteiger partial charge is 0.494 e. The normalized spacial score (nSPS) is 21.2. The number of nitrogens with zero attached hydrogens (tertiary/aromatic N) is 2. The van der Waals surface area contributed by atoms with E-state index in [2.05, 4.69) is 60.5 Å². The summed E-state index contributed by atoms with van der Waals surface area (Å²) in [6, 6.07) is 17.3. The first-order valence-corrected chi connectivity index (χ1v) is 8.78. The van der Waals surface area contributed by atoms with E-state index in [1.165, 1.54) is 11.1 Å². The molecule has 2 aliphatic rings. The summed E-state index contributed by atoms with van der Waals surface area (Å²) in [6.07, 6.45) is 8.43. The number of hydrogen-bond donors (Lipinski definition) is 0. The first-order valence-electron chi connectivity index (χ1n) is 8.78. The molecule has 0 N–H and O–H groups in total. The molecule has 0 amide bonds. The number of benzene rings is 2. The quantitative estimate of drug-likeness (QED) is 0.815. The average Bonchev–Trinajstić information content (AvgIpc) is 3.03. The van der Waals surface area contributed by atoms with Gasteiger partial charge < -0.3 is 4.74 Å². The molecule has 3 heteroatoms. The van der Waals surface area contributed by atoms with Gasteiger partial charge in [0.05, 0.1) is 24.3 Å². The Hall–Kier alpha value is -2.81. The van der Waals surface area contributed by atoms with Crippen LogP contribution in [0.15, 0.2) is 78.1 Å². The monoisotopic (exact) mass is 330 g/mol. The van der Waals surface area contributed by atoms with Gasteiger partial charge in [0, 0.05) is 6.20 Å². The minimum atomic E-state index is 0.222. The Morgan fingerprint density at radius 3 is 2.48 bits per heavy atom. The Kier molecular flexibility index (Phi) is 4.14. The number of rotatable bonds is 4. The summed E-state index contributed by atoms with van der Waals surface area (Å²) in [5.74, 6) is 1.12. The van der Waals surface area contributed by atoms with Gasteiger partial charge in [0.1, 0.15) is 5.75 Å². The van der Waals surface area contributed by atoms with Crippen LogP contribution < -0.4 is 4.74 Å². The van der Waals surface area contributed by atoms with E-state index in [1.807, 2.05) is 31.3 Å². The Balaban J connectivity index is 1.73. The van der Waals surface area contributed by atoms with E-state index >= 15 is 0 Å². The van der Waals surface area contributed by atoms with Crippen LogP contribution in [-0.2, 0) is 0 Å². The van der Waals surface area contributed by atoms with Crippen LogP contribution in [0, 0.1) is 6.92 Å². The topological polar surface area (TPSA) is 24.8 Å². The summed E-state index contributed by atoms with van der Waals surface area (Å²) in [7, 11) is 0. The molecule has 3 nitrogen and oxygen atoms in total. The lowest BCUT2D eigenvalue weighted by atomic mass is 9.84. The lowest BCUT2D eigenvalue weighted by Gasteiger charge is -2.25. The van der Waals surface area contributed by atoms with Gasteiger partial charge in [-0.3, -0.25) is 5.01 Å². The number of ether oxygens (including phenoxy) is 1. The number of hydrazone groups is 1. The third kappa shape index (κ3) is 2.98. The number of aryl methyl sites for hydroxylation is 1. The summed E-state index contributed by atoms with van der Waals surface area (Å²) in [5.41, 5.74) is 4.82. The SMILES string of the molecule is CCOc1ccc(C2=NN3C=CC=CC3C2c2ccc(C)cc2)cc1. The number of allylic oxidation sites excluding steroid dienone is 2. The maximum atomic E-state index is 5.57. The molecule has 2 aliphatic heterocycles. The van der Waals surface area contributed by atoms with Crippen molar-refractivity contribution in [2.24, 2.45) is 5.10 Å². The molecule has 0 aromatic heterocycles. The molecule has 0 saturated heterocycles. The molecule has 0 aliphatic carbocycles. The molecule has 4 rings (SSSR count). The van der Waals surface area contributed by atoms with Gasteiger partial charge in [0.15, 0.2) is 0 Å². The Morgan fingerprint density at radius 2 is 1.76 bits per heavy atom. The van der Waals surface area contributed by atoms with Crippen molar-refractivity contribution in [3.05, 3.63) is 89.6 Å². The highest BCUT2D eigenvalue weighted by molar-refractivity contribution is 6.07. The first-order chi connectivity index (χ1) is 12.3. The molecule has 2 aromatic rings. The molecule has 0 saturated carbocycles. The molecule has 25 heavy (non-hydrogen) atoms. The van der Waals surface area contributed by atoms with Crippen LogP contribution in [0.25, 0.3) is 0 Å². The standard InChI is InChI=1S/C22H22N2O/c1-3-25-19-13-11-18(12-14-19)22-21(17-9-7-16(2)8-10-17)20-6-4-5-15-24(20)23-22/h4-15,20-21H,3H2,1-2H3. The minimum absolute atomic E-state index is 0.222. The molecular formula is C22H22N2O. The third-order valence-electron chi connectivity index (χ3n) is 4.72. The molecule has 2 atom stereocenters. The molecule has 2 aromatic carbocycles. The Labute approximate surface area is 148 Å². The molecule has 2 unspecified atom stereocenters. The molecule has 0 fully saturated rings. The number of fused-ring (bicyclic) bond motifs is 1. The van der Waals surface area contributed by atoms with Crippen LogP contribution in [0.1, 0.15) is 29.5 Å². The summed E-state index contributed by atoms with van der Waals surface area (Å²) in [6.45, 7) is 4.80. The maximum absolute atomic E-state index is 5.57. The average molecular weight is 330 g/mol. The third-order valence-corrected chi connectivity index (χ3v) is 4.72. The van der Waals surface area contributed by atoms with Crippen molar-refractivity contribution < 1.29 is 4.74 Å². The highest BCUT2D eigenvalue weighted by Gasteiger charge is 2.37. The molecule has 0 radical (unpaired) electrons. The van der Waals surface area contributed by atoms with Gasteiger partial charge in [-0.25, -0.2) is 0 Å². The van der Waals surface area contributed by atoms with Gasteiger partial charge >= 0.3 is 0 Å². The molecule has 126 valence electrons. The van der Waals surface area contributed by atoms with Crippen molar-refractivity contribution in [1.82, 2.24) is 5.01 Å². The van der Waals surface area contributed by atoms with Crippen LogP contribution >= 0.6 is 0 Å². The fraction of sp³-hybridized carbons (Fsp3) is 0.227. The second kappa shape index (κ2) is 6.60. The zero-order valence-electron chi connectivity index (χ0n) is 14.6. The lowest BCUT2D eigenvalue weighted by molar-refractivity contribution is 0.340. The molecule has 0 bridgehead atoms. The highest BCUT2D eigenvalue weighted by Crippen LogP contribution is 2.36. The van der Waals surface area contributed by atoms with Crippen LogP contribution in [0.4, 0.5) is 0 Å². The molecule has 2 heterocycles. The van der Waals surface area contributed by atoms with E-state index in [9.17, 15) is 0 Å². The predicted molar refractivity (Wildman–Crippen MR) is 102 cm³/mol. The first kappa shape index (κ1) is 15.7. The van der Waals surface area contributed by atoms with Crippen molar-refractivity contribution >= 4 is 5.71 Å². The predicted octanol–water partition coefficient (Wildman–Crippen LogP) is 4.65. The summed E-state index contributed by atoms with van der Waals surface area (Å²) in [5, 5.41) is 6.97. The van der Waals surface area contributed by atoms with E-state index in [-0.39, 0.29) is 12.0 Å². The lowest BCUT2D eigenvalue weighted by Crippen LogP contribution is -2.28. The van der Waals surface area contributed by atoms with Crippen molar-refractivity contribution in [1.29, 1.82) is 0 Å². The van der Waals surface area contributed by atoms with E-state index in [0.717, 1.165) is 17.0 Å². The van der Waals surface area contributed by atoms with Crippen LogP contribution in [-0.4, -0.2) is 23.4 Å². The van der Waals surface area contributed by atoms with Crippen molar-refractivity contribution in [2.45, 2.75) is 25.8 Å². The van der Waals surface area contributed by atoms with Crippen molar-refractivity contribution in [3.8, 4) is 5.75 Å². The maximum Gasteiger partial charge on any atom is 0.119 e. The van der Waals surface area contributed by atoms with Crippen molar-refractivity contribution in [3.63, 3.8) is 0 Å². The highest BCUT2D eigenvalue weighted by atomic mass is 16.5. The van der Waals surface area contributed by atoms with Crippen LogP contribution in [0.5, 0.6) is 5.75 Å². The van der Waals surface area contributed by atoms with Gasteiger partial charge in [-0.15, -0.1) is 0 Å². The number of hydrogen-bond acceptors (Lipinski definition) is 3. The van der Waals surface area contributed by atoms with Crippen LogP contribution in [0.2, 0.25) is 0 Å². The molecular weight excluding hydrogens is 308 g/mol. The Bertz CT molecular complexity index is 831. The zero-order valence-corrected chi connectivity index (χ0v) is 14.6.